The fraction of sp³-hybridized carbons (Fsp3) is 0.231. The standard InChI is InChI=1S/C13H13BrFN3/c1-13(16)6-4-9(5-7-13)17-18-10-2-3-11(14)12(15)8-10/h2-6,8H,7,16H2,1H3/b18-17+. The number of allylic oxidation sites excluding steroid dienone is 1. The van der Waals surface area contributed by atoms with E-state index in [0.29, 0.717) is 16.6 Å². The zero-order valence-corrected chi connectivity index (χ0v) is 11.5. The maximum absolute atomic E-state index is 13.3. The molecule has 2 N–H and O–H groups in total. The summed E-state index contributed by atoms with van der Waals surface area (Å²) < 4.78 is 13.7. The normalized spacial score (nSPS) is 23.4. The summed E-state index contributed by atoms with van der Waals surface area (Å²) in [6, 6.07) is 4.62. The van der Waals surface area contributed by atoms with Gasteiger partial charge in [-0.2, -0.15) is 10.2 Å². The Hall–Kier alpha value is -1.33. The molecule has 1 atom stereocenters. The van der Waals surface area contributed by atoms with Crippen LogP contribution in [0.3, 0.4) is 0 Å². The molecule has 3 nitrogen and oxygen atoms in total. The highest BCUT2D eigenvalue weighted by atomic mass is 79.9. The molecule has 1 unspecified atom stereocenters. The van der Waals surface area contributed by atoms with Crippen LogP contribution in [0.1, 0.15) is 13.3 Å². The van der Waals surface area contributed by atoms with Gasteiger partial charge in [0.15, 0.2) is 0 Å². The van der Waals surface area contributed by atoms with Crippen LogP contribution < -0.4 is 5.73 Å². The first-order valence-electron chi connectivity index (χ1n) is 5.51. The summed E-state index contributed by atoms with van der Waals surface area (Å²) in [5, 5.41) is 8.03. The predicted octanol–water partition coefficient (Wildman–Crippen LogP) is 4.23. The number of hydrogen-bond acceptors (Lipinski definition) is 3. The molecule has 0 fully saturated rings. The third kappa shape index (κ3) is 3.34. The lowest BCUT2D eigenvalue weighted by molar-refractivity contribution is 0.585. The SMILES string of the molecule is CC1(N)C=CC(/N=N/c2ccc(Br)c(F)c2)=CC1. The maximum Gasteiger partial charge on any atom is 0.139 e. The van der Waals surface area contributed by atoms with E-state index in [1.165, 1.54) is 6.07 Å². The van der Waals surface area contributed by atoms with Gasteiger partial charge in [0.1, 0.15) is 5.82 Å². The zero-order chi connectivity index (χ0) is 13.2. The number of rotatable bonds is 2. The first-order chi connectivity index (χ1) is 8.46. The Morgan fingerprint density at radius 3 is 2.78 bits per heavy atom. The molecule has 0 bridgehead atoms. The van der Waals surface area contributed by atoms with Gasteiger partial charge in [0.05, 0.1) is 15.9 Å². The van der Waals surface area contributed by atoms with Crippen LogP contribution in [0.4, 0.5) is 10.1 Å². The predicted molar refractivity (Wildman–Crippen MR) is 73.0 cm³/mol. The number of hydrogen-bond donors (Lipinski definition) is 1. The Morgan fingerprint density at radius 2 is 2.17 bits per heavy atom. The fourth-order valence-corrected chi connectivity index (χ4v) is 1.72. The van der Waals surface area contributed by atoms with Gasteiger partial charge in [-0.1, -0.05) is 12.2 Å². The monoisotopic (exact) mass is 309 g/mol. The molecule has 1 aromatic rings. The summed E-state index contributed by atoms with van der Waals surface area (Å²) in [5.41, 5.74) is 6.82. The van der Waals surface area contributed by atoms with E-state index < -0.39 is 0 Å². The Balaban J connectivity index is 2.10. The van der Waals surface area contributed by atoms with E-state index in [2.05, 4.69) is 26.2 Å². The van der Waals surface area contributed by atoms with Gasteiger partial charge in [0, 0.05) is 11.6 Å². The molecule has 1 aliphatic carbocycles. The molecule has 1 aromatic carbocycles. The second kappa shape index (κ2) is 5.12. The Labute approximate surface area is 113 Å². The van der Waals surface area contributed by atoms with Crippen LogP contribution in [0.25, 0.3) is 0 Å². The number of azo groups is 1. The lowest BCUT2D eigenvalue weighted by Crippen LogP contribution is -2.33. The maximum atomic E-state index is 13.3. The van der Waals surface area contributed by atoms with Crippen LogP contribution in [0, 0.1) is 5.82 Å². The zero-order valence-electron chi connectivity index (χ0n) is 9.90. The number of nitrogens with zero attached hydrogens (tertiary/aromatic N) is 2. The van der Waals surface area contributed by atoms with Crippen LogP contribution in [0.15, 0.2) is 56.8 Å². The molecule has 0 saturated heterocycles. The van der Waals surface area contributed by atoms with E-state index in [1.54, 1.807) is 12.1 Å². The molecule has 5 heteroatoms. The lowest BCUT2D eigenvalue weighted by atomic mass is 9.94. The molecule has 2 rings (SSSR count). The summed E-state index contributed by atoms with van der Waals surface area (Å²) in [5.74, 6) is -0.353. The van der Waals surface area contributed by atoms with Crippen LogP contribution >= 0.6 is 15.9 Å². The molecular formula is C13H13BrFN3. The van der Waals surface area contributed by atoms with E-state index in [0.717, 1.165) is 5.70 Å². The van der Waals surface area contributed by atoms with Crippen LogP contribution in [-0.4, -0.2) is 5.54 Å². The van der Waals surface area contributed by atoms with Crippen molar-refractivity contribution < 1.29 is 4.39 Å². The molecule has 0 radical (unpaired) electrons. The number of benzene rings is 1. The van der Waals surface area contributed by atoms with Gasteiger partial charge in [0.25, 0.3) is 0 Å². The summed E-state index contributed by atoms with van der Waals surface area (Å²) in [4.78, 5) is 0. The van der Waals surface area contributed by atoms with E-state index >= 15 is 0 Å². The smallest absolute Gasteiger partial charge is 0.139 e. The van der Waals surface area contributed by atoms with Crippen molar-refractivity contribution in [3.8, 4) is 0 Å². The van der Waals surface area contributed by atoms with Gasteiger partial charge in [-0.15, -0.1) is 0 Å². The van der Waals surface area contributed by atoms with E-state index in [9.17, 15) is 4.39 Å². The fourth-order valence-electron chi connectivity index (χ4n) is 1.47. The Morgan fingerprint density at radius 1 is 1.39 bits per heavy atom. The minimum atomic E-state index is -0.353. The minimum Gasteiger partial charge on any atom is -0.322 e. The van der Waals surface area contributed by atoms with E-state index in [1.807, 2.05) is 25.2 Å². The molecule has 94 valence electrons. The third-order valence-electron chi connectivity index (χ3n) is 2.57. The molecule has 18 heavy (non-hydrogen) atoms. The molecule has 0 aliphatic heterocycles. The first kappa shape index (κ1) is 13.1. The summed E-state index contributed by atoms with van der Waals surface area (Å²) in [7, 11) is 0. The van der Waals surface area contributed by atoms with Crippen LogP contribution in [0.5, 0.6) is 0 Å². The van der Waals surface area contributed by atoms with Crippen LogP contribution in [-0.2, 0) is 0 Å². The highest BCUT2D eigenvalue weighted by Crippen LogP contribution is 2.23. The average Bonchev–Trinajstić information content (AvgIpc) is 2.32. The molecule has 0 heterocycles. The summed E-state index contributed by atoms with van der Waals surface area (Å²) >= 11 is 3.09. The van der Waals surface area contributed by atoms with Gasteiger partial charge < -0.3 is 5.73 Å². The lowest BCUT2D eigenvalue weighted by Gasteiger charge is -2.20. The molecule has 0 aromatic heterocycles. The largest absolute Gasteiger partial charge is 0.322 e. The van der Waals surface area contributed by atoms with E-state index in [4.69, 9.17) is 5.73 Å². The topological polar surface area (TPSA) is 50.7 Å². The van der Waals surface area contributed by atoms with Crippen molar-refractivity contribution in [1.29, 1.82) is 0 Å². The molecule has 0 saturated carbocycles. The van der Waals surface area contributed by atoms with Gasteiger partial charge >= 0.3 is 0 Å². The van der Waals surface area contributed by atoms with Crippen molar-refractivity contribution in [1.82, 2.24) is 0 Å². The molecule has 1 aliphatic rings. The van der Waals surface area contributed by atoms with Gasteiger partial charge in [-0.05, 0) is 47.5 Å². The van der Waals surface area contributed by atoms with Crippen LogP contribution in [0.2, 0.25) is 0 Å². The minimum absolute atomic E-state index is 0.317. The van der Waals surface area contributed by atoms with E-state index in [-0.39, 0.29) is 11.4 Å². The van der Waals surface area contributed by atoms with Gasteiger partial charge in [0.2, 0.25) is 0 Å². The van der Waals surface area contributed by atoms with Crippen molar-refractivity contribution >= 4 is 21.6 Å². The van der Waals surface area contributed by atoms with Gasteiger partial charge in [-0.3, -0.25) is 0 Å². The Bertz CT molecular complexity index is 547. The average molecular weight is 310 g/mol. The van der Waals surface area contributed by atoms with Crippen molar-refractivity contribution in [3.05, 3.63) is 52.4 Å². The number of halogens is 2. The highest BCUT2D eigenvalue weighted by Gasteiger charge is 2.16. The Kier molecular flexibility index (Phi) is 3.73. The van der Waals surface area contributed by atoms with Crippen molar-refractivity contribution in [3.63, 3.8) is 0 Å². The molecule has 0 amide bonds. The van der Waals surface area contributed by atoms with Crippen molar-refractivity contribution in [2.45, 2.75) is 18.9 Å². The highest BCUT2D eigenvalue weighted by molar-refractivity contribution is 9.10. The second-order valence-corrected chi connectivity index (χ2v) is 5.33. The molecular weight excluding hydrogens is 297 g/mol. The molecule has 0 spiro atoms. The van der Waals surface area contributed by atoms with Gasteiger partial charge in [-0.25, -0.2) is 4.39 Å². The quantitative estimate of drug-likeness (QED) is 0.816. The summed E-state index contributed by atoms with van der Waals surface area (Å²) in [6.07, 6.45) is 6.34. The second-order valence-electron chi connectivity index (χ2n) is 4.47. The van der Waals surface area contributed by atoms with Crippen molar-refractivity contribution in [2.75, 3.05) is 0 Å². The first-order valence-corrected chi connectivity index (χ1v) is 6.31. The summed E-state index contributed by atoms with van der Waals surface area (Å²) in [6.45, 7) is 1.94. The van der Waals surface area contributed by atoms with Crippen molar-refractivity contribution in [2.24, 2.45) is 16.0 Å². The third-order valence-corrected chi connectivity index (χ3v) is 3.21. The number of nitrogens with two attached hydrogens (primary N) is 1.